The fourth-order valence-electron chi connectivity index (χ4n) is 4.32. The Kier molecular flexibility index (Phi) is 3.48. The number of methoxy groups -OCH3 is 2. The predicted octanol–water partition coefficient (Wildman–Crippen LogP) is 3.13. The van der Waals surface area contributed by atoms with E-state index in [-0.39, 0.29) is 11.4 Å². The van der Waals surface area contributed by atoms with E-state index in [0.29, 0.717) is 17.9 Å². The molecule has 4 heteroatoms. The summed E-state index contributed by atoms with van der Waals surface area (Å²) < 4.78 is 11.0. The molecule has 0 radical (unpaired) electrons. The standard InChI is InChI=1S/C20H21NO3/c1-23-17-11-14-12-19(22)21-10-6-9-20(21,15-7-4-3-5-8-15)16(14)13-18(17)24-2/h3-5,7-8,11,13H,6,9-10,12H2,1-2H3. The average molecular weight is 323 g/mol. The number of nitrogens with zero attached hydrogens (tertiary/aromatic N) is 1. The monoisotopic (exact) mass is 323 g/mol. The Morgan fingerprint density at radius 3 is 2.46 bits per heavy atom. The van der Waals surface area contributed by atoms with Gasteiger partial charge in [0.2, 0.25) is 5.91 Å². The summed E-state index contributed by atoms with van der Waals surface area (Å²) in [5, 5.41) is 0. The molecule has 2 aromatic rings. The van der Waals surface area contributed by atoms with E-state index in [1.54, 1.807) is 14.2 Å². The van der Waals surface area contributed by atoms with Crippen LogP contribution < -0.4 is 9.47 Å². The Labute approximate surface area is 142 Å². The Morgan fingerprint density at radius 2 is 1.75 bits per heavy atom. The van der Waals surface area contributed by atoms with Gasteiger partial charge in [-0.3, -0.25) is 4.79 Å². The molecule has 1 amide bonds. The zero-order valence-corrected chi connectivity index (χ0v) is 14.0. The SMILES string of the molecule is COc1cc2c(cc1OC)C1(c3ccccc3)CCCN1C(=O)C2. The van der Waals surface area contributed by atoms with Gasteiger partial charge in [-0.15, -0.1) is 0 Å². The highest BCUT2D eigenvalue weighted by molar-refractivity contribution is 5.84. The van der Waals surface area contributed by atoms with Crippen LogP contribution >= 0.6 is 0 Å². The summed E-state index contributed by atoms with van der Waals surface area (Å²) in [6.45, 7) is 0.807. The van der Waals surface area contributed by atoms with Gasteiger partial charge < -0.3 is 14.4 Å². The molecule has 1 unspecified atom stereocenters. The minimum Gasteiger partial charge on any atom is -0.493 e. The smallest absolute Gasteiger partial charge is 0.228 e. The zero-order valence-electron chi connectivity index (χ0n) is 14.0. The van der Waals surface area contributed by atoms with Gasteiger partial charge in [0.15, 0.2) is 11.5 Å². The molecular weight excluding hydrogens is 302 g/mol. The second-order valence-corrected chi connectivity index (χ2v) is 6.42. The highest BCUT2D eigenvalue weighted by atomic mass is 16.5. The molecule has 1 saturated heterocycles. The fraction of sp³-hybridized carbons (Fsp3) is 0.350. The molecule has 1 atom stereocenters. The molecule has 2 aliphatic rings. The number of amides is 1. The molecule has 2 aliphatic heterocycles. The fourth-order valence-corrected chi connectivity index (χ4v) is 4.32. The molecule has 4 nitrogen and oxygen atoms in total. The maximum Gasteiger partial charge on any atom is 0.228 e. The van der Waals surface area contributed by atoms with Gasteiger partial charge in [-0.05, 0) is 41.7 Å². The van der Waals surface area contributed by atoms with E-state index in [2.05, 4.69) is 23.1 Å². The Balaban J connectivity index is 2.00. The van der Waals surface area contributed by atoms with Crippen LogP contribution in [0.5, 0.6) is 11.5 Å². The average Bonchev–Trinajstić information content (AvgIpc) is 3.08. The van der Waals surface area contributed by atoms with E-state index in [1.165, 1.54) is 11.1 Å². The number of benzene rings is 2. The zero-order chi connectivity index (χ0) is 16.7. The molecule has 0 aromatic heterocycles. The lowest BCUT2D eigenvalue weighted by Gasteiger charge is -2.44. The molecule has 2 aromatic carbocycles. The molecule has 0 aliphatic carbocycles. The van der Waals surface area contributed by atoms with Gasteiger partial charge in [-0.2, -0.15) is 0 Å². The molecular formula is C20H21NO3. The second-order valence-electron chi connectivity index (χ2n) is 6.42. The lowest BCUT2D eigenvalue weighted by molar-refractivity contribution is -0.134. The summed E-state index contributed by atoms with van der Waals surface area (Å²) >= 11 is 0. The summed E-state index contributed by atoms with van der Waals surface area (Å²) in [5.74, 6) is 1.59. The van der Waals surface area contributed by atoms with Crippen molar-refractivity contribution in [2.45, 2.75) is 24.8 Å². The van der Waals surface area contributed by atoms with Crippen LogP contribution in [0.3, 0.4) is 0 Å². The first kappa shape index (κ1) is 15.1. The minimum atomic E-state index is -0.383. The van der Waals surface area contributed by atoms with E-state index in [0.717, 1.165) is 24.9 Å². The highest BCUT2D eigenvalue weighted by Crippen LogP contribution is 2.50. The van der Waals surface area contributed by atoms with Crippen molar-refractivity contribution in [3.05, 3.63) is 59.2 Å². The van der Waals surface area contributed by atoms with Crippen molar-refractivity contribution < 1.29 is 14.3 Å². The quantitative estimate of drug-likeness (QED) is 0.871. The largest absolute Gasteiger partial charge is 0.493 e. The normalized spacial score (nSPS) is 22.1. The predicted molar refractivity (Wildman–Crippen MR) is 91.4 cm³/mol. The van der Waals surface area contributed by atoms with Crippen molar-refractivity contribution in [1.82, 2.24) is 4.90 Å². The Morgan fingerprint density at radius 1 is 1.04 bits per heavy atom. The number of rotatable bonds is 3. The van der Waals surface area contributed by atoms with Crippen LogP contribution in [-0.2, 0) is 16.8 Å². The van der Waals surface area contributed by atoms with E-state index in [9.17, 15) is 4.79 Å². The lowest BCUT2D eigenvalue weighted by atomic mass is 9.75. The molecule has 2 heterocycles. The number of fused-ring (bicyclic) bond motifs is 3. The van der Waals surface area contributed by atoms with Gasteiger partial charge in [0.25, 0.3) is 0 Å². The van der Waals surface area contributed by atoms with Gasteiger partial charge >= 0.3 is 0 Å². The Hall–Kier alpha value is -2.49. The number of hydrogen-bond acceptors (Lipinski definition) is 3. The number of carbonyl (C=O) groups is 1. The molecule has 0 N–H and O–H groups in total. The minimum absolute atomic E-state index is 0.191. The molecule has 24 heavy (non-hydrogen) atoms. The van der Waals surface area contributed by atoms with Crippen molar-refractivity contribution in [1.29, 1.82) is 0 Å². The van der Waals surface area contributed by atoms with Gasteiger partial charge in [-0.1, -0.05) is 30.3 Å². The maximum atomic E-state index is 12.8. The van der Waals surface area contributed by atoms with Crippen molar-refractivity contribution in [2.75, 3.05) is 20.8 Å². The highest BCUT2D eigenvalue weighted by Gasteiger charge is 2.50. The molecule has 4 rings (SSSR count). The number of ether oxygens (including phenoxy) is 2. The van der Waals surface area contributed by atoms with Crippen molar-refractivity contribution in [3.8, 4) is 11.5 Å². The summed E-state index contributed by atoms with van der Waals surface area (Å²) in [7, 11) is 3.28. The van der Waals surface area contributed by atoms with Gasteiger partial charge in [0, 0.05) is 6.54 Å². The summed E-state index contributed by atoms with van der Waals surface area (Å²) in [6.07, 6.45) is 2.37. The first-order valence-corrected chi connectivity index (χ1v) is 8.32. The van der Waals surface area contributed by atoms with Gasteiger partial charge in [0.05, 0.1) is 26.2 Å². The third kappa shape index (κ3) is 1.95. The summed E-state index contributed by atoms with van der Waals surface area (Å²) in [6, 6.07) is 14.4. The molecule has 124 valence electrons. The third-order valence-electron chi connectivity index (χ3n) is 5.33. The summed E-state index contributed by atoms with van der Waals surface area (Å²) in [4.78, 5) is 14.9. The van der Waals surface area contributed by atoms with Crippen molar-refractivity contribution in [2.24, 2.45) is 0 Å². The van der Waals surface area contributed by atoms with E-state index < -0.39 is 0 Å². The van der Waals surface area contributed by atoms with Crippen LogP contribution in [0.1, 0.15) is 29.5 Å². The van der Waals surface area contributed by atoms with E-state index in [4.69, 9.17) is 9.47 Å². The number of carbonyl (C=O) groups excluding carboxylic acids is 1. The number of hydrogen-bond donors (Lipinski definition) is 0. The molecule has 0 bridgehead atoms. The van der Waals surface area contributed by atoms with Crippen molar-refractivity contribution >= 4 is 5.91 Å². The first-order chi connectivity index (χ1) is 11.7. The van der Waals surface area contributed by atoms with Crippen LogP contribution in [-0.4, -0.2) is 31.6 Å². The van der Waals surface area contributed by atoms with E-state index >= 15 is 0 Å². The second kappa shape index (κ2) is 5.55. The van der Waals surface area contributed by atoms with E-state index in [1.807, 2.05) is 24.3 Å². The topological polar surface area (TPSA) is 38.8 Å². The molecule has 1 fully saturated rings. The van der Waals surface area contributed by atoms with Crippen LogP contribution in [0.15, 0.2) is 42.5 Å². The third-order valence-corrected chi connectivity index (χ3v) is 5.33. The first-order valence-electron chi connectivity index (χ1n) is 8.32. The lowest BCUT2D eigenvalue weighted by Crippen LogP contribution is -2.50. The van der Waals surface area contributed by atoms with Crippen LogP contribution in [0.2, 0.25) is 0 Å². The van der Waals surface area contributed by atoms with Gasteiger partial charge in [0.1, 0.15) is 0 Å². The van der Waals surface area contributed by atoms with Crippen LogP contribution in [0.4, 0.5) is 0 Å². The van der Waals surface area contributed by atoms with Crippen LogP contribution in [0.25, 0.3) is 0 Å². The molecule has 0 saturated carbocycles. The van der Waals surface area contributed by atoms with Crippen molar-refractivity contribution in [3.63, 3.8) is 0 Å². The summed E-state index contributed by atoms with van der Waals surface area (Å²) in [5.41, 5.74) is 3.00. The molecule has 0 spiro atoms. The van der Waals surface area contributed by atoms with Gasteiger partial charge in [-0.25, -0.2) is 0 Å². The Bertz CT molecular complexity index is 787. The maximum absolute atomic E-state index is 12.8. The van der Waals surface area contributed by atoms with Crippen LogP contribution in [0, 0.1) is 0 Å².